The Bertz CT molecular complexity index is 3030. The van der Waals surface area contributed by atoms with Crippen LogP contribution in [0.2, 0.25) is 0 Å². The summed E-state index contributed by atoms with van der Waals surface area (Å²) < 4.78 is 0. The van der Waals surface area contributed by atoms with Crippen LogP contribution in [0.5, 0.6) is 0 Å². The summed E-state index contributed by atoms with van der Waals surface area (Å²) in [5, 5.41) is 10.8. The van der Waals surface area contributed by atoms with Crippen molar-refractivity contribution in [1.29, 1.82) is 0 Å². The molecule has 1 heterocycles. The zero-order valence-corrected chi connectivity index (χ0v) is 44.4. The molecule has 0 atom stereocenters. The fourth-order valence-corrected chi connectivity index (χ4v) is 22.8. The number of hydrogen-bond acceptors (Lipinski definition) is 2. The second-order valence-electron chi connectivity index (χ2n) is 20.8. The Morgan fingerprint density at radius 1 is 0.270 bits per heavy atom. The normalized spacial score (nSPS) is 14.6. The minimum absolute atomic E-state index is 0.513. The maximum atomic E-state index is 5.88. The second-order valence-corrected chi connectivity index (χ2v) is 28.4. The first-order chi connectivity index (χ1) is 36.7. The van der Waals surface area contributed by atoms with Crippen molar-refractivity contribution in [3.05, 3.63) is 266 Å². The van der Waals surface area contributed by atoms with Crippen molar-refractivity contribution in [3.8, 4) is 33.9 Å². The van der Waals surface area contributed by atoms with Gasteiger partial charge in [-0.05, 0) is 96.2 Å². The Balaban J connectivity index is 1.12. The molecule has 10 aromatic rings. The van der Waals surface area contributed by atoms with Crippen molar-refractivity contribution in [1.82, 2.24) is 9.97 Å². The fourth-order valence-electron chi connectivity index (χ4n) is 13.2. The highest BCUT2D eigenvalue weighted by atomic mass is 28.3. The maximum Gasteiger partial charge on any atom is 0.179 e. The molecule has 2 aliphatic carbocycles. The predicted octanol–water partition coefficient (Wildman–Crippen LogP) is 12.3. The predicted molar refractivity (Wildman–Crippen MR) is 317 cm³/mol. The van der Waals surface area contributed by atoms with Crippen LogP contribution in [-0.4, -0.2) is 26.1 Å². The van der Waals surface area contributed by atoms with Gasteiger partial charge in [-0.15, -0.1) is 0 Å². The van der Waals surface area contributed by atoms with E-state index in [0.29, 0.717) is 11.8 Å². The zero-order chi connectivity index (χ0) is 49.6. The minimum atomic E-state index is -2.86. The number of benzene rings is 9. The molecule has 2 saturated carbocycles. The first-order valence-corrected chi connectivity index (χ1v) is 31.3. The van der Waals surface area contributed by atoms with Crippen LogP contribution in [0.3, 0.4) is 0 Å². The average Bonchev–Trinajstić information content (AvgIpc) is 3.50. The van der Waals surface area contributed by atoms with Crippen LogP contribution in [0.1, 0.15) is 87.2 Å². The van der Waals surface area contributed by atoms with Gasteiger partial charge in [0.05, 0.1) is 11.4 Å². The minimum Gasteiger partial charge on any atom is -0.228 e. The lowest BCUT2D eigenvalue weighted by molar-refractivity contribution is 0.436. The van der Waals surface area contributed by atoms with E-state index in [0.717, 1.165) is 28.3 Å². The quantitative estimate of drug-likeness (QED) is 0.0850. The van der Waals surface area contributed by atoms with Crippen LogP contribution >= 0.6 is 0 Å². The molecule has 2 nitrogen and oxygen atoms in total. The molecule has 0 bridgehead atoms. The van der Waals surface area contributed by atoms with Gasteiger partial charge in [0.15, 0.2) is 22.0 Å². The Morgan fingerprint density at radius 3 is 0.959 bits per heavy atom. The highest BCUT2D eigenvalue weighted by molar-refractivity contribution is 7.20. The molecular formula is C70H64N2Si2. The van der Waals surface area contributed by atoms with Gasteiger partial charge in [-0.3, -0.25) is 0 Å². The Hall–Kier alpha value is -7.51. The third-order valence-corrected chi connectivity index (χ3v) is 26.1. The molecule has 0 unspecified atom stereocenters. The summed E-state index contributed by atoms with van der Waals surface area (Å²) in [5.74, 6) is 1.80. The molecule has 74 heavy (non-hydrogen) atoms. The Kier molecular flexibility index (Phi) is 13.8. The van der Waals surface area contributed by atoms with Crippen molar-refractivity contribution in [3.63, 3.8) is 0 Å². The van der Waals surface area contributed by atoms with Gasteiger partial charge in [0.2, 0.25) is 0 Å². The smallest absolute Gasteiger partial charge is 0.179 e. The van der Waals surface area contributed by atoms with E-state index < -0.39 is 16.1 Å². The molecule has 0 radical (unpaired) electrons. The van der Waals surface area contributed by atoms with Crippen molar-refractivity contribution in [2.45, 2.75) is 76.0 Å². The van der Waals surface area contributed by atoms with E-state index in [1.807, 2.05) is 0 Å². The lowest BCUT2D eigenvalue weighted by atomic mass is 9.76. The molecule has 0 aliphatic heterocycles. The van der Waals surface area contributed by atoms with Gasteiger partial charge in [-0.2, -0.15) is 0 Å². The molecule has 0 N–H and O–H groups in total. The standard InChI is InChI=1S/C70H64N2Si2/c1-9-28-53(29-10-1)65-48-27-49-66(54-30-11-2-12-31-54)69(65)68-52-67(55-32-25-46-63(50-55)73(57-34-13-3-14-35-57,58-36-15-4-16-37-58)59-38-17-5-18-39-59)71-70(72-68)56-33-26-47-64(51-56)74(60-40-19-6-20-41-60,61-42-21-7-22-43-61)62-44-23-8-24-45-62/h3-8,13-27,32-54H,1-2,9-12,28-31H2. The van der Waals surface area contributed by atoms with Crippen molar-refractivity contribution in [2.75, 3.05) is 0 Å². The first-order valence-electron chi connectivity index (χ1n) is 27.3. The summed E-state index contributed by atoms with van der Waals surface area (Å²) in [6, 6.07) is 96.0. The average molecular weight is 989 g/mol. The first kappa shape index (κ1) is 47.5. The van der Waals surface area contributed by atoms with Gasteiger partial charge in [0.1, 0.15) is 0 Å². The van der Waals surface area contributed by atoms with Gasteiger partial charge >= 0.3 is 0 Å². The van der Waals surface area contributed by atoms with Crippen LogP contribution in [0.25, 0.3) is 33.9 Å². The van der Waals surface area contributed by atoms with Gasteiger partial charge in [-0.1, -0.05) is 287 Å². The number of nitrogens with zero attached hydrogens (tertiary/aromatic N) is 2. The number of rotatable bonds is 13. The molecule has 0 spiro atoms. The molecule has 12 rings (SSSR count). The molecule has 362 valence electrons. The Morgan fingerprint density at radius 2 is 0.581 bits per heavy atom. The van der Waals surface area contributed by atoms with Gasteiger partial charge < -0.3 is 0 Å². The third kappa shape index (κ3) is 8.94. The summed E-state index contributed by atoms with van der Waals surface area (Å²) in [5.41, 5.74) is 8.50. The molecule has 9 aromatic carbocycles. The van der Waals surface area contributed by atoms with E-state index in [-0.39, 0.29) is 0 Å². The van der Waals surface area contributed by atoms with Crippen molar-refractivity contribution >= 4 is 57.6 Å². The molecule has 2 aliphatic rings. The molecular weight excluding hydrogens is 925 g/mol. The third-order valence-electron chi connectivity index (χ3n) is 16.6. The van der Waals surface area contributed by atoms with Gasteiger partial charge in [0.25, 0.3) is 0 Å². The van der Waals surface area contributed by atoms with E-state index in [1.54, 1.807) is 0 Å². The highest BCUT2D eigenvalue weighted by Crippen LogP contribution is 2.45. The summed E-state index contributed by atoms with van der Waals surface area (Å²) in [4.78, 5) is 11.7. The van der Waals surface area contributed by atoms with Crippen LogP contribution in [0.4, 0.5) is 0 Å². The van der Waals surface area contributed by atoms with Crippen molar-refractivity contribution < 1.29 is 0 Å². The zero-order valence-electron chi connectivity index (χ0n) is 42.4. The van der Waals surface area contributed by atoms with Gasteiger partial charge in [0, 0.05) is 16.7 Å². The lowest BCUT2D eigenvalue weighted by Crippen LogP contribution is -2.74. The number of aromatic nitrogens is 2. The van der Waals surface area contributed by atoms with E-state index in [4.69, 9.17) is 9.97 Å². The molecule has 1 aromatic heterocycles. The van der Waals surface area contributed by atoms with Crippen LogP contribution in [0.15, 0.2) is 255 Å². The van der Waals surface area contributed by atoms with Crippen LogP contribution in [0, 0.1) is 0 Å². The molecule has 4 heteroatoms. The van der Waals surface area contributed by atoms with Crippen LogP contribution in [-0.2, 0) is 0 Å². The topological polar surface area (TPSA) is 25.8 Å². The summed E-state index contributed by atoms with van der Waals surface area (Å²) >= 11 is 0. The van der Waals surface area contributed by atoms with Gasteiger partial charge in [-0.25, -0.2) is 9.97 Å². The summed E-state index contributed by atoms with van der Waals surface area (Å²) in [7, 11) is -5.70. The SMILES string of the molecule is c1ccc([Si](c2ccccc2)(c2ccccc2)c2cccc(-c3cc(-c4c(C5CCCCC5)cccc4C4CCCCC4)nc(-c4cccc([Si](c5ccccc5)(c5ccccc5)c5ccccc5)c4)n3)c2)cc1. The van der Waals surface area contributed by atoms with Crippen molar-refractivity contribution in [2.24, 2.45) is 0 Å². The van der Waals surface area contributed by atoms with E-state index in [2.05, 4.69) is 255 Å². The second kappa shape index (κ2) is 21.5. The van der Waals surface area contributed by atoms with E-state index in [1.165, 1.54) is 122 Å². The fraction of sp³-hybridized carbons (Fsp3) is 0.171. The Labute approximate surface area is 441 Å². The molecule has 0 amide bonds. The summed E-state index contributed by atoms with van der Waals surface area (Å²) in [6.45, 7) is 0. The van der Waals surface area contributed by atoms with E-state index in [9.17, 15) is 0 Å². The maximum absolute atomic E-state index is 5.88. The largest absolute Gasteiger partial charge is 0.228 e. The van der Waals surface area contributed by atoms with E-state index >= 15 is 0 Å². The molecule has 0 saturated heterocycles. The van der Waals surface area contributed by atoms with Crippen LogP contribution < -0.4 is 41.5 Å². The monoisotopic (exact) mass is 988 g/mol. The highest BCUT2D eigenvalue weighted by Gasteiger charge is 2.43. The summed E-state index contributed by atoms with van der Waals surface area (Å²) in [6.07, 6.45) is 12.7. The number of hydrogen-bond donors (Lipinski definition) is 0. The molecule has 2 fully saturated rings. The lowest BCUT2D eigenvalue weighted by Gasteiger charge is -2.34.